The van der Waals surface area contributed by atoms with Crippen molar-refractivity contribution in [1.29, 1.82) is 0 Å². The van der Waals surface area contributed by atoms with Crippen LogP contribution in [0.4, 0.5) is 0 Å². The predicted octanol–water partition coefficient (Wildman–Crippen LogP) is 2.88. The predicted molar refractivity (Wildman–Crippen MR) is 70.8 cm³/mol. The minimum absolute atomic E-state index is 0.667. The summed E-state index contributed by atoms with van der Waals surface area (Å²) in [7, 11) is 0. The number of rotatable bonds is 0. The largest absolute Gasteiger partial charge is 0.251 e. The number of allylic oxidation sites excluding steroid dienone is 2. The van der Waals surface area contributed by atoms with E-state index in [4.69, 9.17) is 0 Å². The maximum Gasteiger partial charge on any atom is 0.178 e. The van der Waals surface area contributed by atoms with Crippen LogP contribution in [0.3, 0.4) is 0 Å². The maximum absolute atomic E-state index is 4.25. The van der Waals surface area contributed by atoms with Crippen LogP contribution in [0, 0.1) is 11.8 Å². The number of aromatic nitrogens is 3. The number of pyridine rings is 1. The second kappa shape index (κ2) is 4.97. The fraction of sp³-hybridized carbons (Fsp3) is 0.267. The lowest BCUT2D eigenvalue weighted by atomic mass is 10.00. The van der Waals surface area contributed by atoms with Gasteiger partial charge in [-0.1, -0.05) is 17.9 Å². The molecule has 1 aliphatic rings. The van der Waals surface area contributed by atoms with E-state index in [2.05, 4.69) is 32.9 Å². The van der Waals surface area contributed by atoms with Crippen molar-refractivity contribution in [1.82, 2.24) is 15.0 Å². The number of hydrogen-bond donors (Lipinski definition) is 0. The molecule has 18 heavy (non-hydrogen) atoms. The Morgan fingerprint density at radius 2 is 1.94 bits per heavy atom. The van der Waals surface area contributed by atoms with Crippen LogP contribution < -0.4 is 0 Å². The van der Waals surface area contributed by atoms with Crippen molar-refractivity contribution in [2.45, 2.75) is 25.7 Å². The van der Waals surface area contributed by atoms with Crippen LogP contribution in [0.1, 0.15) is 31.2 Å². The van der Waals surface area contributed by atoms with Gasteiger partial charge in [0.15, 0.2) is 5.65 Å². The highest BCUT2D eigenvalue weighted by Gasteiger charge is 2.00. The van der Waals surface area contributed by atoms with E-state index in [0.717, 1.165) is 23.9 Å². The zero-order chi connectivity index (χ0) is 12.2. The number of hydrogen-bond acceptors (Lipinski definition) is 3. The van der Waals surface area contributed by atoms with Gasteiger partial charge in [0.2, 0.25) is 0 Å². The first-order valence-electron chi connectivity index (χ1n) is 6.20. The molecule has 2 aromatic rings. The molecule has 0 bridgehead atoms. The minimum atomic E-state index is 0.667. The lowest BCUT2D eigenvalue weighted by molar-refractivity contribution is 0.715. The van der Waals surface area contributed by atoms with E-state index in [9.17, 15) is 0 Å². The Morgan fingerprint density at radius 1 is 1.00 bits per heavy atom. The number of fused-ring (bicyclic) bond motifs is 1. The van der Waals surface area contributed by atoms with Crippen molar-refractivity contribution in [2.24, 2.45) is 0 Å². The summed E-state index contributed by atoms with van der Waals surface area (Å²) in [6, 6.07) is 1.94. The molecule has 88 valence electrons. The molecule has 0 saturated heterocycles. The molecule has 0 spiro atoms. The first-order valence-corrected chi connectivity index (χ1v) is 6.20. The van der Waals surface area contributed by atoms with E-state index in [1.165, 1.54) is 18.4 Å². The Bertz CT molecular complexity index is 662. The molecule has 1 aliphatic carbocycles. The third kappa shape index (κ3) is 2.38. The van der Waals surface area contributed by atoms with Crippen LogP contribution in [0.5, 0.6) is 0 Å². The average molecular weight is 235 g/mol. The van der Waals surface area contributed by atoms with E-state index >= 15 is 0 Å². The van der Waals surface area contributed by atoms with Crippen LogP contribution in [0.2, 0.25) is 0 Å². The summed E-state index contributed by atoms with van der Waals surface area (Å²) in [6.45, 7) is 0. The summed E-state index contributed by atoms with van der Waals surface area (Å²) in [5.74, 6) is 6.38. The highest BCUT2D eigenvalue weighted by molar-refractivity contribution is 5.70. The van der Waals surface area contributed by atoms with E-state index < -0.39 is 0 Å². The Balaban J connectivity index is 1.91. The standard InChI is InChI=1S/C15H13N3/c1-2-4-12(5-3-1)6-7-13-10-14-15(18-11-13)17-9-8-16-14/h4,8-11H,1-3,5H2. The quantitative estimate of drug-likeness (QED) is 0.659. The lowest BCUT2D eigenvalue weighted by Gasteiger charge is -2.05. The van der Waals surface area contributed by atoms with Gasteiger partial charge in [-0.3, -0.25) is 4.98 Å². The van der Waals surface area contributed by atoms with Crippen molar-refractivity contribution < 1.29 is 0 Å². The monoisotopic (exact) mass is 235 g/mol. The van der Waals surface area contributed by atoms with Gasteiger partial charge in [-0.25, -0.2) is 9.97 Å². The van der Waals surface area contributed by atoms with E-state index in [1.807, 2.05) is 6.07 Å². The van der Waals surface area contributed by atoms with Crippen LogP contribution in [0.15, 0.2) is 36.3 Å². The van der Waals surface area contributed by atoms with E-state index in [0.29, 0.717) is 5.65 Å². The van der Waals surface area contributed by atoms with Crippen LogP contribution in [-0.4, -0.2) is 15.0 Å². The Morgan fingerprint density at radius 3 is 2.83 bits per heavy atom. The van der Waals surface area contributed by atoms with Gasteiger partial charge in [0.1, 0.15) is 5.52 Å². The SMILES string of the molecule is C(#Cc1cnc2nccnc2c1)C1=CCCCC1. The highest BCUT2D eigenvalue weighted by atomic mass is 14.9. The van der Waals surface area contributed by atoms with Gasteiger partial charge in [0.25, 0.3) is 0 Å². The van der Waals surface area contributed by atoms with Gasteiger partial charge in [-0.2, -0.15) is 0 Å². The van der Waals surface area contributed by atoms with Crippen LogP contribution in [0.25, 0.3) is 11.2 Å². The third-order valence-electron chi connectivity index (χ3n) is 2.98. The van der Waals surface area contributed by atoms with Gasteiger partial charge in [-0.05, 0) is 37.3 Å². The van der Waals surface area contributed by atoms with Crippen molar-refractivity contribution in [3.8, 4) is 11.8 Å². The molecule has 0 fully saturated rings. The summed E-state index contributed by atoms with van der Waals surface area (Å²) in [6.07, 6.45) is 12.1. The summed E-state index contributed by atoms with van der Waals surface area (Å²) in [4.78, 5) is 12.6. The van der Waals surface area contributed by atoms with E-state index in [1.54, 1.807) is 18.6 Å². The molecule has 0 amide bonds. The molecule has 3 heteroatoms. The van der Waals surface area contributed by atoms with E-state index in [-0.39, 0.29) is 0 Å². The Kier molecular flexibility index (Phi) is 3.01. The highest BCUT2D eigenvalue weighted by Crippen LogP contribution is 2.16. The number of nitrogens with zero attached hydrogens (tertiary/aromatic N) is 3. The smallest absolute Gasteiger partial charge is 0.178 e. The minimum Gasteiger partial charge on any atom is -0.251 e. The van der Waals surface area contributed by atoms with Crippen molar-refractivity contribution in [3.63, 3.8) is 0 Å². The zero-order valence-corrected chi connectivity index (χ0v) is 10.1. The second-order valence-electron chi connectivity index (χ2n) is 4.35. The van der Waals surface area contributed by atoms with Gasteiger partial charge in [0.05, 0.1) is 0 Å². The van der Waals surface area contributed by atoms with Gasteiger partial charge in [-0.15, -0.1) is 0 Å². The summed E-state index contributed by atoms with van der Waals surface area (Å²) in [5, 5.41) is 0. The first kappa shape index (κ1) is 10.9. The third-order valence-corrected chi connectivity index (χ3v) is 2.98. The molecule has 0 N–H and O–H groups in total. The van der Waals surface area contributed by atoms with Crippen molar-refractivity contribution >= 4 is 11.2 Å². The fourth-order valence-electron chi connectivity index (χ4n) is 2.03. The van der Waals surface area contributed by atoms with Crippen LogP contribution >= 0.6 is 0 Å². The zero-order valence-electron chi connectivity index (χ0n) is 10.1. The molecule has 0 radical (unpaired) electrons. The topological polar surface area (TPSA) is 38.7 Å². The van der Waals surface area contributed by atoms with Gasteiger partial charge < -0.3 is 0 Å². The normalized spacial score (nSPS) is 14.8. The van der Waals surface area contributed by atoms with Crippen molar-refractivity contribution in [2.75, 3.05) is 0 Å². The molecule has 0 atom stereocenters. The summed E-state index contributed by atoms with van der Waals surface area (Å²) in [5.41, 5.74) is 3.61. The molecular formula is C15H13N3. The second-order valence-corrected chi connectivity index (χ2v) is 4.35. The molecule has 2 aromatic heterocycles. The molecule has 0 saturated carbocycles. The van der Waals surface area contributed by atoms with Gasteiger partial charge >= 0.3 is 0 Å². The Hall–Kier alpha value is -2.21. The Labute approximate surface area is 106 Å². The maximum atomic E-state index is 4.25. The summed E-state index contributed by atoms with van der Waals surface area (Å²) >= 11 is 0. The van der Waals surface area contributed by atoms with Crippen molar-refractivity contribution in [3.05, 3.63) is 41.9 Å². The molecule has 0 aromatic carbocycles. The molecule has 0 aliphatic heterocycles. The molecule has 3 rings (SSSR count). The fourth-order valence-corrected chi connectivity index (χ4v) is 2.03. The van der Waals surface area contributed by atoms with Gasteiger partial charge in [0, 0.05) is 24.2 Å². The molecule has 0 unspecified atom stereocenters. The first-order chi connectivity index (χ1) is 8.92. The molecular weight excluding hydrogens is 222 g/mol. The molecule has 3 nitrogen and oxygen atoms in total. The molecule has 2 heterocycles. The van der Waals surface area contributed by atoms with Crippen LogP contribution in [-0.2, 0) is 0 Å². The summed E-state index contributed by atoms with van der Waals surface area (Å²) < 4.78 is 0. The average Bonchev–Trinajstić information content (AvgIpc) is 2.46. The lowest BCUT2D eigenvalue weighted by Crippen LogP contribution is -1.90.